The van der Waals surface area contributed by atoms with E-state index in [2.05, 4.69) is 10.3 Å². The zero-order valence-electron chi connectivity index (χ0n) is 13.0. The Labute approximate surface area is 126 Å². The highest BCUT2D eigenvalue weighted by Crippen LogP contribution is 2.09. The van der Waals surface area contributed by atoms with Crippen LogP contribution in [-0.2, 0) is 20.8 Å². The Morgan fingerprint density at radius 2 is 1.86 bits per heavy atom. The molecule has 0 aliphatic carbocycles. The molecule has 0 saturated heterocycles. The summed E-state index contributed by atoms with van der Waals surface area (Å²) < 4.78 is 20.8. The van der Waals surface area contributed by atoms with Crippen LogP contribution in [-0.4, -0.2) is 58.8 Å². The average Bonchev–Trinajstić information content (AvgIpc) is 2.52. The first-order chi connectivity index (χ1) is 10.4. The van der Waals surface area contributed by atoms with Gasteiger partial charge in [0, 0.05) is 40.3 Å². The van der Waals surface area contributed by atoms with E-state index in [9.17, 15) is 0 Å². The lowest BCUT2D eigenvalue weighted by Crippen LogP contribution is -2.19. The van der Waals surface area contributed by atoms with Gasteiger partial charge in [-0.05, 0) is 12.1 Å². The molecule has 0 aromatic carbocycles. The van der Waals surface area contributed by atoms with Crippen LogP contribution in [0, 0.1) is 0 Å². The predicted molar refractivity (Wildman–Crippen MR) is 80.6 cm³/mol. The number of pyridine rings is 1. The lowest BCUT2D eigenvalue weighted by Gasteiger charge is -2.08. The van der Waals surface area contributed by atoms with Crippen LogP contribution in [0.15, 0.2) is 18.3 Å². The maximum absolute atomic E-state index is 5.60. The molecule has 1 rings (SSSR count). The topological polar surface area (TPSA) is 61.8 Å². The van der Waals surface area contributed by atoms with Gasteiger partial charge in [-0.15, -0.1) is 0 Å². The van der Waals surface area contributed by atoms with Gasteiger partial charge in [0.2, 0.25) is 0 Å². The summed E-state index contributed by atoms with van der Waals surface area (Å²) in [6.45, 7) is 4.82. The molecule has 1 N–H and O–H groups in total. The fourth-order valence-electron chi connectivity index (χ4n) is 1.59. The standard InChI is InChI=1S/C15H26N2O4/c1-18-9-6-16-12-14-4-5-15(13-17-14)21-8-3-7-20-11-10-19-2/h4-5,13,16H,3,6-12H2,1-2H3. The Morgan fingerprint density at radius 1 is 1.00 bits per heavy atom. The summed E-state index contributed by atoms with van der Waals surface area (Å²) in [7, 11) is 3.35. The Kier molecular flexibility index (Phi) is 10.6. The van der Waals surface area contributed by atoms with Crippen molar-refractivity contribution in [2.24, 2.45) is 0 Å². The Morgan fingerprint density at radius 3 is 2.57 bits per heavy atom. The molecule has 0 saturated carbocycles. The monoisotopic (exact) mass is 298 g/mol. The molecule has 0 fully saturated rings. The van der Waals surface area contributed by atoms with Gasteiger partial charge in [0.15, 0.2) is 0 Å². The minimum absolute atomic E-state index is 0.625. The van der Waals surface area contributed by atoms with Gasteiger partial charge in [-0.3, -0.25) is 4.98 Å². The molecule has 1 heterocycles. The zero-order chi connectivity index (χ0) is 15.2. The molecule has 0 amide bonds. The van der Waals surface area contributed by atoms with Gasteiger partial charge in [0.25, 0.3) is 0 Å². The molecule has 0 aliphatic rings. The SMILES string of the molecule is COCCNCc1ccc(OCCCOCCOC)cn1. The fraction of sp³-hybridized carbons (Fsp3) is 0.667. The summed E-state index contributed by atoms with van der Waals surface area (Å²) in [6, 6.07) is 3.90. The highest BCUT2D eigenvalue weighted by molar-refractivity contribution is 5.19. The third-order valence-corrected chi connectivity index (χ3v) is 2.72. The van der Waals surface area contributed by atoms with Gasteiger partial charge in [0.05, 0.1) is 38.3 Å². The molecule has 6 heteroatoms. The normalized spacial score (nSPS) is 10.8. The van der Waals surface area contributed by atoms with E-state index in [0.717, 1.165) is 31.0 Å². The second-order valence-corrected chi connectivity index (χ2v) is 4.46. The van der Waals surface area contributed by atoms with Gasteiger partial charge >= 0.3 is 0 Å². The lowest BCUT2D eigenvalue weighted by molar-refractivity contribution is 0.0644. The van der Waals surface area contributed by atoms with E-state index in [1.807, 2.05) is 12.1 Å². The number of methoxy groups -OCH3 is 2. The van der Waals surface area contributed by atoms with E-state index in [-0.39, 0.29) is 0 Å². The van der Waals surface area contributed by atoms with Crippen molar-refractivity contribution in [2.45, 2.75) is 13.0 Å². The molecular weight excluding hydrogens is 272 g/mol. The first-order valence-electron chi connectivity index (χ1n) is 7.21. The minimum atomic E-state index is 0.625. The van der Waals surface area contributed by atoms with Crippen molar-refractivity contribution < 1.29 is 18.9 Å². The fourth-order valence-corrected chi connectivity index (χ4v) is 1.59. The van der Waals surface area contributed by atoms with Crippen LogP contribution in [0.2, 0.25) is 0 Å². The number of hydrogen-bond acceptors (Lipinski definition) is 6. The van der Waals surface area contributed by atoms with Gasteiger partial charge < -0.3 is 24.3 Å². The average molecular weight is 298 g/mol. The molecule has 0 bridgehead atoms. The smallest absolute Gasteiger partial charge is 0.137 e. The Balaban J connectivity index is 2.07. The number of hydrogen-bond donors (Lipinski definition) is 1. The van der Waals surface area contributed by atoms with Crippen molar-refractivity contribution in [3.05, 3.63) is 24.0 Å². The molecular formula is C15H26N2O4. The summed E-state index contributed by atoms with van der Waals surface area (Å²) in [4.78, 5) is 4.34. The summed E-state index contributed by atoms with van der Waals surface area (Å²) in [5, 5.41) is 3.24. The van der Waals surface area contributed by atoms with Crippen molar-refractivity contribution >= 4 is 0 Å². The summed E-state index contributed by atoms with van der Waals surface area (Å²) in [5.41, 5.74) is 0.987. The molecule has 1 aromatic heterocycles. The number of nitrogens with one attached hydrogen (secondary N) is 1. The van der Waals surface area contributed by atoms with Crippen LogP contribution in [0.3, 0.4) is 0 Å². The number of rotatable bonds is 13. The molecule has 0 spiro atoms. The van der Waals surface area contributed by atoms with Crippen LogP contribution < -0.4 is 10.1 Å². The van der Waals surface area contributed by atoms with E-state index in [4.69, 9.17) is 18.9 Å². The van der Waals surface area contributed by atoms with Gasteiger partial charge in [-0.25, -0.2) is 0 Å². The highest BCUT2D eigenvalue weighted by Gasteiger charge is 1.97. The quantitative estimate of drug-likeness (QED) is 0.553. The van der Waals surface area contributed by atoms with Gasteiger partial charge in [0.1, 0.15) is 5.75 Å². The van der Waals surface area contributed by atoms with E-state index >= 15 is 0 Å². The molecule has 6 nitrogen and oxygen atoms in total. The first kappa shape index (κ1) is 17.8. The minimum Gasteiger partial charge on any atom is -0.492 e. The molecule has 1 aromatic rings. The molecule has 0 atom stereocenters. The molecule has 0 unspecified atom stereocenters. The van der Waals surface area contributed by atoms with Gasteiger partial charge in [-0.2, -0.15) is 0 Å². The summed E-state index contributed by atoms with van der Waals surface area (Å²) in [5.74, 6) is 0.785. The predicted octanol–water partition coefficient (Wildman–Crippen LogP) is 1.25. The summed E-state index contributed by atoms with van der Waals surface area (Å²) in [6.07, 6.45) is 2.60. The van der Waals surface area contributed by atoms with Crippen molar-refractivity contribution in [3.63, 3.8) is 0 Å². The third kappa shape index (κ3) is 9.36. The second-order valence-electron chi connectivity index (χ2n) is 4.46. The van der Waals surface area contributed by atoms with Crippen molar-refractivity contribution in [1.82, 2.24) is 10.3 Å². The van der Waals surface area contributed by atoms with Crippen molar-refractivity contribution in [3.8, 4) is 5.75 Å². The van der Waals surface area contributed by atoms with Gasteiger partial charge in [-0.1, -0.05) is 0 Å². The molecule has 0 radical (unpaired) electrons. The second kappa shape index (κ2) is 12.5. The lowest BCUT2D eigenvalue weighted by atomic mass is 10.3. The van der Waals surface area contributed by atoms with E-state index < -0.39 is 0 Å². The highest BCUT2D eigenvalue weighted by atomic mass is 16.5. The number of nitrogens with zero attached hydrogens (tertiary/aromatic N) is 1. The Bertz CT molecular complexity index is 346. The zero-order valence-corrected chi connectivity index (χ0v) is 13.0. The van der Waals surface area contributed by atoms with E-state index in [1.165, 1.54) is 0 Å². The van der Waals surface area contributed by atoms with E-state index in [1.54, 1.807) is 20.4 Å². The maximum atomic E-state index is 5.60. The number of aromatic nitrogens is 1. The molecule has 120 valence electrons. The maximum Gasteiger partial charge on any atom is 0.137 e. The molecule has 0 aliphatic heterocycles. The van der Waals surface area contributed by atoms with Crippen LogP contribution in [0.4, 0.5) is 0 Å². The Hall–Kier alpha value is -1.21. The van der Waals surface area contributed by atoms with Crippen molar-refractivity contribution in [2.75, 3.05) is 53.8 Å². The third-order valence-electron chi connectivity index (χ3n) is 2.72. The van der Waals surface area contributed by atoms with Crippen LogP contribution >= 0.6 is 0 Å². The van der Waals surface area contributed by atoms with Crippen LogP contribution in [0.25, 0.3) is 0 Å². The van der Waals surface area contributed by atoms with E-state index in [0.29, 0.717) is 33.0 Å². The summed E-state index contributed by atoms with van der Waals surface area (Å²) >= 11 is 0. The largest absolute Gasteiger partial charge is 0.492 e. The number of ether oxygens (including phenoxy) is 4. The van der Waals surface area contributed by atoms with Crippen LogP contribution in [0.1, 0.15) is 12.1 Å². The van der Waals surface area contributed by atoms with Crippen molar-refractivity contribution in [1.29, 1.82) is 0 Å². The molecule has 21 heavy (non-hydrogen) atoms. The van der Waals surface area contributed by atoms with Crippen LogP contribution in [0.5, 0.6) is 5.75 Å². The first-order valence-corrected chi connectivity index (χ1v) is 7.21.